The highest BCUT2D eigenvalue weighted by Gasteiger charge is 2.32. The molecular weight excluding hydrogens is 535 g/mol. The van der Waals surface area contributed by atoms with Gasteiger partial charge in [0.1, 0.15) is 11.6 Å². The maximum atomic E-state index is 12.8. The van der Waals surface area contributed by atoms with E-state index in [1.807, 2.05) is 18.2 Å². The van der Waals surface area contributed by atoms with Gasteiger partial charge in [0.15, 0.2) is 0 Å². The fourth-order valence-corrected chi connectivity index (χ4v) is 5.00. The Morgan fingerprint density at radius 2 is 1.69 bits per heavy atom. The van der Waals surface area contributed by atoms with E-state index in [2.05, 4.69) is 56.1 Å². The van der Waals surface area contributed by atoms with Crippen molar-refractivity contribution < 1.29 is 17.9 Å². The standard InChI is InChI=1S/C26H31BrF3N5O/c1-3-35(4-2)24-21-7-5-6-8-22(21)33-25(34-24)32-20-13-11-19(12-14-20)31-16-17-9-10-18(27)15-23(17)36-26(28,29)30/h5-10,15,19-20,31H,3-4,11-14,16H2,1-2H3,(H,32,33,34). The Morgan fingerprint density at radius 1 is 1.00 bits per heavy atom. The largest absolute Gasteiger partial charge is 0.573 e. The third-order valence-electron chi connectivity index (χ3n) is 6.54. The lowest BCUT2D eigenvalue weighted by Crippen LogP contribution is -2.37. The number of fused-ring (bicyclic) bond motifs is 1. The van der Waals surface area contributed by atoms with E-state index in [1.165, 1.54) is 6.07 Å². The van der Waals surface area contributed by atoms with Crippen molar-refractivity contribution in [2.24, 2.45) is 0 Å². The van der Waals surface area contributed by atoms with Crippen LogP contribution < -0.4 is 20.3 Å². The first-order valence-electron chi connectivity index (χ1n) is 12.3. The number of alkyl halides is 3. The van der Waals surface area contributed by atoms with E-state index in [0.29, 0.717) is 22.5 Å². The van der Waals surface area contributed by atoms with E-state index >= 15 is 0 Å². The fraction of sp³-hybridized carbons (Fsp3) is 0.462. The third kappa shape index (κ3) is 6.79. The number of rotatable bonds is 9. The summed E-state index contributed by atoms with van der Waals surface area (Å²) in [6.45, 7) is 6.27. The van der Waals surface area contributed by atoms with Gasteiger partial charge in [-0.2, -0.15) is 4.98 Å². The molecule has 6 nitrogen and oxygen atoms in total. The van der Waals surface area contributed by atoms with E-state index in [9.17, 15) is 13.2 Å². The third-order valence-corrected chi connectivity index (χ3v) is 7.04. The minimum atomic E-state index is -4.73. The van der Waals surface area contributed by atoms with Crippen molar-refractivity contribution in [3.05, 3.63) is 52.5 Å². The maximum Gasteiger partial charge on any atom is 0.573 e. The molecular formula is C26H31BrF3N5O. The minimum absolute atomic E-state index is 0.183. The van der Waals surface area contributed by atoms with Crippen molar-refractivity contribution in [2.75, 3.05) is 23.3 Å². The first-order chi connectivity index (χ1) is 17.3. The van der Waals surface area contributed by atoms with Crippen LogP contribution in [0, 0.1) is 0 Å². The number of benzene rings is 2. The summed E-state index contributed by atoms with van der Waals surface area (Å²) >= 11 is 3.21. The molecule has 0 unspecified atom stereocenters. The van der Waals surface area contributed by atoms with Crippen LogP contribution >= 0.6 is 15.9 Å². The Hall–Kier alpha value is -2.59. The van der Waals surface area contributed by atoms with Crippen LogP contribution in [-0.4, -0.2) is 41.5 Å². The van der Waals surface area contributed by atoms with Gasteiger partial charge in [-0.3, -0.25) is 0 Å². The Kier molecular flexibility index (Phi) is 8.56. The number of hydrogen-bond acceptors (Lipinski definition) is 6. The molecule has 1 saturated carbocycles. The van der Waals surface area contributed by atoms with Crippen LogP contribution in [0.5, 0.6) is 5.75 Å². The molecule has 1 fully saturated rings. The van der Waals surface area contributed by atoms with Gasteiger partial charge < -0.3 is 20.3 Å². The molecule has 194 valence electrons. The molecule has 0 saturated heterocycles. The zero-order valence-corrected chi connectivity index (χ0v) is 22.0. The smallest absolute Gasteiger partial charge is 0.405 e. The molecule has 36 heavy (non-hydrogen) atoms. The first-order valence-corrected chi connectivity index (χ1v) is 13.1. The molecule has 3 aromatic rings. The molecule has 1 aliphatic carbocycles. The molecule has 1 heterocycles. The van der Waals surface area contributed by atoms with Crippen LogP contribution in [0.15, 0.2) is 46.9 Å². The zero-order chi connectivity index (χ0) is 25.7. The van der Waals surface area contributed by atoms with Gasteiger partial charge in [-0.25, -0.2) is 4.98 Å². The van der Waals surface area contributed by atoms with Crippen molar-refractivity contribution in [2.45, 2.75) is 64.5 Å². The van der Waals surface area contributed by atoms with Gasteiger partial charge in [-0.15, -0.1) is 13.2 Å². The van der Waals surface area contributed by atoms with E-state index in [0.717, 1.165) is 55.5 Å². The highest BCUT2D eigenvalue weighted by Crippen LogP contribution is 2.31. The minimum Gasteiger partial charge on any atom is -0.405 e. The summed E-state index contributed by atoms with van der Waals surface area (Å²) < 4.78 is 43.1. The summed E-state index contributed by atoms with van der Waals surface area (Å²) in [4.78, 5) is 11.8. The van der Waals surface area contributed by atoms with Crippen LogP contribution in [0.1, 0.15) is 45.1 Å². The average molecular weight is 566 g/mol. The number of hydrogen-bond donors (Lipinski definition) is 2. The summed E-state index contributed by atoms with van der Waals surface area (Å²) in [7, 11) is 0. The summed E-state index contributed by atoms with van der Waals surface area (Å²) in [5, 5.41) is 7.97. The average Bonchev–Trinajstić information content (AvgIpc) is 2.84. The maximum absolute atomic E-state index is 12.8. The molecule has 2 N–H and O–H groups in total. The number of halogens is 4. The van der Waals surface area contributed by atoms with Crippen LogP contribution in [-0.2, 0) is 6.54 Å². The van der Waals surface area contributed by atoms with Crippen molar-refractivity contribution in [1.29, 1.82) is 0 Å². The van der Waals surface area contributed by atoms with Gasteiger partial charge in [0.05, 0.1) is 5.52 Å². The van der Waals surface area contributed by atoms with Crippen LogP contribution in [0.4, 0.5) is 24.9 Å². The second kappa shape index (κ2) is 11.6. The van der Waals surface area contributed by atoms with Crippen molar-refractivity contribution in [3.63, 3.8) is 0 Å². The summed E-state index contributed by atoms with van der Waals surface area (Å²) in [6, 6.07) is 13.2. The summed E-state index contributed by atoms with van der Waals surface area (Å²) in [6.07, 6.45) is -1.09. The number of aromatic nitrogens is 2. The molecule has 0 atom stereocenters. The molecule has 4 rings (SSSR count). The summed E-state index contributed by atoms with van der Waals surface area (Å²) in [5.41, 5.74) is 1.39. The Morgan fingerprint density at radius 3 is 2.39 bits per heavy atom. The normalized spacial score (nSPS) is 18.3. The SMILES string of the molecule is CCN(CC)c1nc(NC2CCC(NCc3ccc(Br)cc3OC(F)(F)F)CC2)nc2ccccc12. The topological polar surface area (TPSA) is 62.3 Å². The van der Waals surface area contributed by atoms with Crippen molar-refractivity contribution in [3.8, 4) is 5.75 Å². The monoisotopic (exact) mass is 565 g/mol. The van der Waals surface area contributed by atoms with Crippen molar-refractivity contribution in [1.82, 2.24) is 15.3 Å². The number of nitrogens with zero attached hydrogens (tertiary/aromatic N) is 3. The van der Waals surface area contributed by atoms with Crippen LogP contribution in [0.25, 0.3) is 10.9 Å². The highest BCUT2D eigenvalue weighted by molar-refractivity contribution is 9.10. The molecule has 10 heteroatoms. The van der Waals surface area contributed by atoms with Crippen LogP contribution in [0.2, 0.25) is 0 Å². The molecule has 0 radical (unpaired) electrons. The second-order valence-electron chi connectivity index (χ2n) is 8.93. The fourth-order valence-electron chi connectivity index (χ4n) is 4.66. The number of para-hydroxylation sites is 1. The van der Waals surface area contributed by atoms with Gasteiger partial charge in [0.2, 0.25) is 5.95 Å². The molecule has 1 aromatic heterocycles. The van der Waals surface area contributed by atoms with Gasteiger partial charge in [-0.05, 0) is 63.8 Å². The molecule has 1 aliphatic rings. The predicted molar refractivity (Wildman–Crippen MR) is 140 cm³/mol. The van der Waals surface area contributed by atoms with Crippen molar-refractivity contribution >= 4 is 38.6 Å². The Balaban J connectivity index is 1.36. The lowest BCUT2D eigenvalue weighted by molar-refractivity contribution is -0.274. The van der Waals surface area contributed by atoms with Gasteiger partial charge in [0.25, 0.3) is 0 Å². The number of anilines is 2. The van der Waals surface area contributed by atoms with Crippen LogP contribution in [0.3, 0.4) is 0 Å². The van der Waals surface area contributed by atoms with Gasteiger partial charge in [-0.1, -0.05) is 34.1 Å². The molecule has 2 aromatic carbocycles. The lowest BCUT2D eigenvalue weighted by Gasteiger charge is -2.30. The van der Waals surface area contributed by atoms with E-state index < -0.39 is 6.36 Å². The molecule has 0 aliphatic heterocycles. The number of ether oxygens (including phenoxy) is 1. The van der Waals surface area contributed by atoms with Gasteiger partial charge >= 0.3 is 6.36 Å². The molecule has 0 bridgehead atoms. The highest BCUT2D eigenvalue weighted by atomic mass is 79.9. The Labute approximate surface area is 217 Å². The number of nitrogens with one attached hydrogen (secondary N) is 2. The molecule has 0 amide bonds. The van der Waals surface area contributed by atoms with E-state index in [1.54, 1.807) is 12.1 Å². The quantitative estimate of drug-likeness (QED) is 0.303. The van der Waals surface area contributed by atoms with E-state index in [4.69, 9.17) is 9.97 Å². The first kappa shape index (κ1) is 26.5. The molecule has 0 spiro atoms. The van der Waals surface area contributed by atoms with Gasteiger partial charge in [0, 0.05) is 47.1 Å². The predicted octanol–water partition coefficient (Wildman–Crippen LogP) is 6.65. The van der Waals surface area contributed by atoms with E-state index in [-0.39, 0.29) is 17.8 Å². The Bertz CT molecular complexity index is 1160. The summed E-state index contributed by atoms with van der Waals surface area (Å²) in [5.74, 6) is 1.39. The zero-order valence-electron chi connectivity index (χ0n) is 20.4. The lowest BCUT2D eigenvalue weighted by atomic mass is 9.91. The second-order valence-corrected chi connectivity index (χ2v) is 9.85.